The minimum absolute atomic E-state index is 0.0209. The second-order valence-electron chi connectivity index (χ2n) is 4.47. The molecule has 6 nitrogen and oxygen atoms in total. The Hall–Kier alpha value is -1.40. The van der Waals surface area contributed by atoms with Gasteiger partial charge in [-0.1, -0.05) is 0 Å². The molecule has 3 N–H and O–H groups in total. The van der Waals surface area contributed by atoms with Gasteiger partial charge in [0.2, 0.25) is 0 Å². The summed E-state index contributed by atoms with van der Waals surface area (Å²) in [5.74, 6) is -0.0209. The second kappa shape index (κ2) is 7.91. The van der Waals surface area contributed by atoms with Gasteiger partial charge in [-0.3, -0.25) is 9.48 Å². The van der Waals surface area contributed by atoms with Crippen molar-refractivity contribution in [1.82, 2.24) is 14.7 Å². The summed E-state index contributed by atoms with van der Waals surface area (Å²) in [5, 5.41) is 13.1. The highest BCUT2D eigenvalue weighted by molar-refractivity contribution is 5.95. The summed E-state index contributed by atoms with van der Waals surface area (Å²) < 4.78 is 1.82. The van der Waals surface area contributed by atoms with E-state index in [9.17, 15) is 4.79 Å². The van der Waals surface area contributed by atoms with Crippen LogP contribution in [0.4, 0.5) is 0 Å². The van der Waals surface area contributed by atoms with Gasteiger partial charge in [0.05, 0.1) is 11.8 Å². The molecule has 0 saturated carbocycles. The van der Waals surface area contributed by atoms with Crippen molar-refractivity contribution in [2.75, 3.05) is 26.2 Å². The van der Waals surface area contributed by atoms with Gasteiger partial charge in [0, 0.05) is 31.9 Å². The van der Waals surface area contributed by atoms with E-state index in [1.54, 1.807) is 11.1 Å². The number of nitrogens with two attached hydrogens (primary N) is 1. The second-order valence-corrected chi connectivity index (χ2v) is 4.47. The summed E-state index contributed by atoms with van der Waals surface area (Å²) in [6, 6.07) is 0. The number of nitrogens with zero attached hydrogens (tertiary/aromatic N) is 3. The first-order valence-electron chi connectivity index (χ1n) is 6.78. The maximum absolute atomic E-state index is 12.4. The fourth-order valence-corrected chi connectivity index (χ4v) is 1.96. The topological polar surface area (TPSA) is 84.4 Å². The lowest BCUT2D eigenvalue weighted by atomic mass is 10.2. The normalized spacial score (nSPS) is 10.7. The minimum Gasteiger partial charge on any atom is -0.396 e. The van der Waals surface area contributed by atoms with Crippen molar-refractivity contribution < 1.29 is 9.90 Å². The largest absolute Gasteiger partial charge is 0.396 e. The van der Waals surface area contributed by atoms with Crippen molar-refractivity contribution in [2.24, 2.45) is 5.73 Å². The first-order chi connectivity index (χ1) is 9.15. The van der Waals surface area contributed by atoms with Gasteiger partial charge in [-0.25, -0.2) is 0 Å². The quantitative estimate of drug-likeness (QED) is 0.714. The predicted molar refractivity (Wildman–Crippen MR) is 73.9 cm³/mol. The molecule has 0 spiro atoms. The number of hydrogen-bond donors (Lipinski definition) is 2. The van der Waals surface area contributed by atoms with Crippen LogP contribution < -0.4 is 5.73 Å². The van der Waals surface area contributed by atoms with E-state index < -0.39 is 0 Å². The maximum atomic E-state index is 12.4. The average Bonchev–Trinajstić information content (AvgIpc) is 2.78. The molecule has 0 bridgehead atoms. The fraction of sp³-hybridized carbons (Fsp3) is 0.692. The number of hydrogen-bond acceptors (Lipinski definition) is 4. The van der Waals surface area contributed by atoms with Crippen LogP contribution in [0.5, 0.6) is 0 Å². The molecule has 0 atom stereocenters. The molecular formula is C13H24N4O2. The first-order valence-corrected chi connectivity index (χ1v) is 6.78. The summed E-state index contributed by atoms with van der Waals surface area (Å²) in [7, 11) is 0. The van der Waals surface area contributed by atoms with Gasteiger partial charge >= 0.3 is 0 Å². The molecule has 0 aliphatic carbocycles. The highest BCUT2D eigenvalue weighted by Crippen LogP contribution is 2.11. The third kappa shape index (κ3) is 4.04. The zero-order valence-electron chi connectivity index (χ0n) is 11.8. The molecule has 0 unspecified atom stereocenters. The Morgan fingerprint density at radius 1 is 1.53 bits per heavy atom. The summed E-state index contributed by atoms with van der Waals surface area (Å²) in [4.78, 5) is 14.1. The molecule has 6 heteroatoms. The van der Waals surface area contributed by atoms with Crippen LogP contribution in [0.25, 0.3) is 0 Å². The van der Waals surface area contributed by atoms with Crippen LogP contribution in [-0.4, -0.2) is 51.9 Å². The zero-order valence-corrected chi connectivity index (χ0v) is 11.8. The Kier molecular flexibility index (Phi) is 6.52. The molecule has 0 aliphatic rings. The summed E-state index contributed by atoms with van der Waals surface area (Å²) in [5.41, 5.74) is 6.99. The van der Waals surface area contributed by atoms with Gasteiger partial charge in [-0.15, -0.1) is 0 Å². The number of aliphatic hydroxyl groups is 1. The molecule has 0 aromatic carbocycles. The van der Waals surface area contributed by atoms with Gasteiger partial charge in [-0.2, -0.15) is 5.10 Å². The number of rotatable bonds is 8. The number of aliphatic hydroxyl groups excluding tert-OH is 1. The summed E-state index contributed by atoms with van der Waals surface area (Å²) in [6.07, 6.45) is 3.06. The first kappa shape index (κ1) is 15.7. The average molecular weight is 268 g/mol. The van der Waals surface area contributed by atoms with E-state index in [1.165, 1.54) is 0 Å². The maximum Gasteiger partial charge on any atom is 0.257 e. The van der Waals surface area contributed by atoms with Crippen LogP contribution in [0.1, 0.15) is 35.8 Å². The van der Waals surface area contributed by atoms with E-state index in [1.807, 2.05) is 18.5 Å². The van der Waals surface area contributed by atoms with Crippen molar-refractivity contribution in [3.8, 4) is 0 Å². The molecule has 1 amide bonds. The van der Waals surface area contributed by atoms with Gasteiger partial charge in [0.15, 0.2) is 0 Å². The zero-order chi connectivity index (χ0) is 14.3. The van der Waals surface area contributed by atoms with E-state index in [0.29, 0.717) is 31.6 Å². The molecule has 0 radical (unpaired) electrons. The Balaban J connectivity index is 2.77. The lowest BCUT2D eigenvalue weighted by Crippen LogP contribution is -2.32. The van der Waals surface area contributed by atoms with Crippen LogP contribution in [0.2, 0.25) is 0 Å². The van der Waals surface area contributed by atoms with E-state index in [2.05, 4.69) is 5.10 Å². The minimum atomic E-state index is -0.0209. The molecule has 0 saturated heterocycles. The summed E-state index contributed by atoms with van der Waals surface area (Å²) in [6.45, 7) is 6.47. The standard InChI is InChI=1S/C13H24N4O2/c1-3-16(7-5-9-18)13(19)12-10-15-17(11(12)2)8-4-6-14/h10,18H,3-9,14H2,1-2H3. The van der Waals surface area contributed by atoms with Crippen LogP contribution in [0.15, 0.2) is 6.20 Å². The molecule has 0 fully saturated rings. The number of amides is 1. The molecule has 19 heavy (non-hydrogen) atoms. The molecule has 1 aromatic rings. The Morgan fingerprint density at radius 3 is 2.84 bits per heavy atom. The van der Waals surface area contributed by atoms with Gasteiger partial charge < -0.3 is 15.7 Å². The lowest BCUT2D eigenvalue weighted by Gasteiger charge is -2.20. The van der Waals surface area contributed by atoms with E-state index in [-0.39, 0.29) is 12.5 Å². The molecular weight excluding hydrogens is 244 g/mol. The molecule has 0 aliphatic heterocycles. The Morgan fingerprint density at radius 2 is 2.26 bits per heavy atom. The highest BCUT2D eigenvalue weighted by Gasteiger charge is 2.19. The van der Waals surface area contributed by atoms with Crippen molar-refractivity contribution in [3.05, 3.63) is 17.5 Å². The summed E-state index contributed by atoms with van der Waals surface area (Å²) >= 11 is 0. The van der Waals surface area contributed by atoms with Gasteiger partial charge in [0.25, 0.3) is 5.91 Å². The number of aromatic nitrogens is 2. The van der Waals surface area contributed by atoms with Gasteiger partial charge in [0.1, 0.15) is 0 Å². The van der Waals surface area contributed by atoms with Gasteiger partial charge in [-0.05, 0) is 33.2 Å². The van der Waals surface area contributed by atoms with Crippen LogP contribution in [-0.2, 0) is 6.54 Å². The van der Waals surface area contributed by atoms with Crippen molar-refractivity contribution in [1.29, 1.82) is 0 Å². The van der Waals surface area contributed by atoms with E-state index in [4.69, 9.17) is 10.8 Å². The number of aryl methyl sites for hydroxylation is 1. The van der Waals surface area contributed by atoms with Crippen molar-refractivity contribution in [3.63, 3.8) is 0 Å². The fourth-order valence-electron chi connectivity index (χ4n) is 1.96. The van der Waals surface area contributed by atoms with E-state index >= 15 is 0 Å². The SMILES string of the molecule is CCN(CCCO)C(=O)c1cnn(CCCN)c1C. The highest BCUT2D eigenvalue weighted by atomic mass is 16.3. The van der Waals surface area contributed by atoms with Crippen LogP contribution in [0, 0.1) is 6.92 Å². The Labute approximate surface area is 114 Å². The smallest absolute Gasteiger partial charge is 0.257 e. The Bertz CT molecular complexity index is 403. The van der Waals surface area contributed by atoms with Crippen LogP contribution >= 0.6 is 0 Å². The monoisotopic (exact) mass is 268 g/mol. The van der Waals surface area contributed by atoms with Crippen molar-refractivity contribution in [2.45, 2.75) is 33.2 Å². The number of carbonyl (C=O) groups is 1. The number of carbonyl (C=O) groups excluding carboxylic acids is 1. The van der Waals surface area contributed by atoms with Crippen molar-refractivity contribution >= 4 is 5.91 Å². The van der Waals surface area contributed by atoms with E-state index in [0.717, 1.165) is 18.7 Å². The molecule has 108 valence electrons. The lowest BCUT2D eigenvalue weighted by molar-refractivity contribution is 0.0753. The molecule has 1 aromatic heterocycles. The molecule has 1 rings (SSSR count). The van der Waals surface area contributed by atoms with Crippen LogP contribution in [0.3, 0.4) is 0 Å². The third-order valence-corrected chi connectivity index (χ3v) is 3.16. The molecule has 1 heterocycles. The third-order valence-electron chi connectivity index (χ3n) is 3.16. The predicted octanol–water partition coefficient (Wildman–Crippen LogP) is 0.385.